The maximum absolute atomic E-state index is 5.09. The van der Waals surface area contributed by atoms with E-state index in [0.29, 0.717) is 0 Å². The van der Waals surface area contributed by atoms with Gasteiger partial charge >= 0.3 is 0 Å². The monoisotopic (exact) mass is 653 g/mol. The lowest BCUT2D eigenvalue weighted by molar-refractivity contribution is 0.588. The molecule has 0 aliphatic rings. The van der Waals surface area contributed by atoms with Crippen LogP contribution in [-0.4, -0.2) is 24.9 Å². The molecule has 0 unspecified atom stereocenters. The molecule has 0 aliphatic heterocycles. The zero-order valence-corrected chi connectivity index (χ0v) is 26.7. The molecular formula is C35H36IN5. The minimum atomic E-state index is 0.0376. The third kappa shape index (κ3) is 6.59. The Labute approximate surface area is 256 Å². The summed E-state index contributed by atoms with van der Waals surface area (Å²) in [7, 11) is 0. The first-order valence-corrected chi connectivity index (χ1v) is 14.9. The zero-order chi connectivity index (χ0) is 29.2. The molecule has 0 radical (unpaired) electrons. The van der Waals surface area contributed by atoms with Crippen molar-refractivity contribution in [2.24, 2.45) is 4.99 Å². The molecule has 0 amide bonds. The summed E-state index contributed by atoms with van der Waals surface area (Å²) in [6.07, 6.45) is 3.66. The fraction of sp³-hybridized carbons (Fsp3) is 0.229. The van der Waals surface area contributed by atoms with Crippen molar-refractivity contribution in [1.82, 2.24) is 19.2 Å². The molecule has 2 aromatic carbocycles. The van der Waals surface area contributed by atoms with E-state index < -0.39 is 0 Å². The van der Waals surface area contributed by atoms with E-state index in [4.69, 9.17) is 4.99 Å². The molecule has 41 heavy (non-hydrogen) atoms. The lowest BCUT2D eigenvalue weighted by Crippen LogP contribution is -2.12. The average molecular weight is 654 g/mol. The molecule has 5 nitrogen and oxygen atoms in total. The zero-order valence-electron chi connectivity index (χ0n) is 24.5. The Balaban J connectivity index is 0.000000202. The molecule has 0 saturated heterocycles. The van der Waals surface area contributed by atoms with Gasteiger partial charge in [0.25, 0.3) is 0 Å². The molecule has 6 rings (SSSR count). The summed E-state index contributed by atoms with van der Waals surface area (Å²) in [5, 5.41) is 8.74. The molecular weight excluding hydrogens is 617 g/mol. The summed E-state index contributed by atoms with van der Waals surface area (Å²) in [5.41, 5.74) is 8.18. The number of benzene rings is 2. The van der Waals surface area contributed by atoms with Gasteiger partial charge in [-0.15, -0.1) is 0 Å². The smallest absolute Gasteiger partial charge is 0.155 e. The number of fused-ring (bicyclic) bond motifs is 2. The first kappa shape index (κ1) is 28.7. The van der Waals surface area contributed by atoms with E-state index in [9.17, 15) is 0 Å². The molecule has 208 valence electrons. The minimum absolute atomic E-state index is 0.0376. The summed E-state index contributed by atoms with van der Waals surface area (Å²) in [4.78, 5) is 5.09. The van der Waals surface area contributed by atoms with Crippen LogP contribution in [0.5, 0.6) is 0 Å². The number of pyridine rings is 2. The highest BCUT2D eigenvalue weighted by Gasteiger charge is 2.18. The van der Waals surface area contributed by atoms with E-state index in [1.165, 1.54) is 16.6 Å². The van der Waals surface area contributed by atoms with Crippen molar-refractivity contribution < 1.29 is 0 Å². The van der Waals surface area contributed by atoms with Crippen molar-refractivity contribution in [2.45, 2.75) is 52.4 Å². The molecule has 0 bridgehead atoms. The molecule has 4 heterocycles. The molecule has 0 aliphatic carbocycles. The molecule has 0 N–H and O–H groups in total. The third-order valence-electron chi connectivity index (χ3n) is 6.98. The normalized spacial score (nSPS) is 11.8. The second-order valence-electron chi connectivity index (χ2n) is 12.2. The highest BCUT2D eigenvalue weighted by Crippen LogP contribution is 2.29. The second-order valence-corrected chi connectivity index (χ2v) is 13.3. The van der Waals surface area contributed by atoms with Gasteiger partial charge in [0.15, 0.2) is 5.82 Å². The number of halogens is 1. The van der Waals surface area contributed by atoms with E-state index in [1.807, 2.05) is 70.0 Å². The van der Waals surface area contributed by atoms with Crippen LogP contribution in [0.2, 0.25) is 0 Å². The molecule has 0 fully saturated rings. The Morgan fingerprint density at radius 1 is 0.610 bits per heavy atom. The van der Waals surface area contributed by atoms with Crippen LogP contribution in [0.15, 0.2) is 114 Å². The summed E-state index contributed by atoms with van der Waals surface area (Å²) in [5.74, 6) is 0.838. The van der Waals surface area contributed by atoms with Gasteiger partial charge in [-0.2, -0.15) is 10.2 Å². The Hall–Kier alpha value is -3.78. The summed E-state index contributed by atoms with van der Waals surface area (Å²) in [6, 6.07) is 33.4. The minimum Gasteiger partial charge on any atom is -0.228 e. The summed E-state index contributed by atoms with van der Waals surface area (Å²) in [6.45, 7) is 13.3. The van der Waals surface area contributed by atoms with Gasteiger partial charge in [0.1, 0.15) is 3.70 Å². The van der Waals surface area contributed by atoms with Crippen LogP contribution in [0.1, 0.15) is 63.8 Å². The van der Waals surface area contributed by atoms with Gasteiger partial charge in [-0.1, -0.05) is 102 Å². The first-order chi connectivity index (χ1) is 19.5. The first-order valence-electron chi connectivity index (χ1n) is 13.8. The summed E-state index contributed by atoms with van der Waals surface area (Å²) < 4.78 is 5.02. The van der Waals surface area contributed by atoms with Gasteiger partial charge < -0.3 is 0 Å². The molecule has 4 aromatic heterocycles. The molecule has 0 atom stereocenters. The maximum Gasteiger partial charge on any atom is 0.155 e. The number of hydrogen-bond donors (Lipinski definition) is 0. The Morgan fingerprint density at radius 2 is 1.07 bits per heavy atom. The van der Waals surface area contributed by atoms with E-state index in [-0.39, 0.29) is 10.8 Å². The van der Waals surface area contributed by atoms with Crippen LogP contribution in [-0.2, 0) is 10.8 Å². The lowest BCUT2D eigenvalue weighted by Gasteiger charge is -2.20. The van der Waals surface area contributed by atoms with E-state index in [1.54, 1.807) is 0 Å². The number of rotatable bonds is 3. The predicted molar refractivity (Wildman–Crippen MR) is 179 cm³/mol. The van der Waals surface area contributed by atoms with Gasteiger partial charge in [-0.05, 0) is 80.9 Å². The SMILES string of the molecule is CC(C)(C)c1cc(I)n2nccc2c1.CC(C)(C)c1cc(N=C(c2ccccc2)c2ccccc2)n2nccc2c1. The molecule has 0 spiro atoms. The highest BCUT2D eigenvalue weighted by molar-refractivity contribution is 14.1. The topological polar surface area (TPSA) is 47.0 Å². The number of nitrogens with zero attached hydrogens (tertiary/aromatic N) is 5. The van der Waals surface area contributed by atoms with E-state index >= 15 is 0 Å². The van der Waals surface area contributed by atoms with Crippen molar-refractivity contribution in [3.63, 3.8) is 0 Å². The van der Waals surface area contributed by atoms with Crippen LogP contribution >= 0.6 is 22.6 Å². The van der Waals surface area contributed by atoms with Gasteiger partial charge in [0, 0.05) is 11.1 Å². The highest BCUT2D eigenvalue weighted by atomic mass is 127. The van der Waals surface area contributed by atoms with Gasteiger partial charge in [-0.3, -0.25) is 0 Å². The van der Waals surface area contributed by atoms with Gasteiger partial charge in [0.2, 0.25) is 0 Å². The van der Waals surface area contributed by atoms with E-state index in [0.717, 1.165) is 31.9 Å². The Bertz CT molecular complexity index is 1760. The second kappa shape index (κ2) is 11.6. The number of aromatic nitrogens is 4. The van der Waals surface area contributed by atoms with Crippen LogP contribution < -0.4 is 0 Å². The third-order valence-corrected chi connectivity index (χ3v) is 7.75. The van der Waals surface area contributed by atoms with Crippen molar-refractivity contribution in [3.8, 4) is 0 Å². The summed E-state index contributed by atoms with van der Waals surface area (Å²) >= 11 is 2.32. The van der Waals surface area contributed by atoms with Gasteiger partial charge in [-0.25, -0.2) is 14.0 Å². The van der Waals surface area contributed by atoms with Crippen molar-refractivity contribution in [3.05, 3.63) is 135 Å². The Morgan fingerprint density at radius 3 is 1.59 bits per heavy atom. The fourth-order valence-corrected chi connectivity index (χ4v) is 5.29. The van der Waals surface area contributed by atoms with Crippen molar-refractivity contribution >= 4 is 45.2 Å². The fourth-order valence-electron chi connectivity index (χ4n) is 4.56. The number of aliphatic imine (C=N–C) groups is 1. The van der Waals surface area contributed by atoms with E-state index in [2.05, 4.69) is 123 Å². The maximum atomic E-state index is 5.09. The van der Waals surface area contributed by atoms with Crippen LogP contribution in [0, 0.1) is 3.70 Å². The number of hydrogen-bond acceptors (Lipinski definition) is 3. The lowest BCUT2D eigenvalue weighted by atomic mass is 9.87. The standard InChI is InChI=1S/C24H23N3.C11H13IN2/c1-24(2,3)20-16-21-14-15-25-27(21)22(17-20)26-23(18-10-6-4-7-11-18)19-12-8-5-9-13-19;1-11(2,3)8-6-9-4-5-13-14(9)10(12)7-8/h4-17H,1-3H3;4-7H,1-3H3. The molecule has 0 saturated carbocycles. The largest absolute Gasteiger partial charge is 0.228 e. The van der Waals surface area contributed by atoms with Crippen LogP contribution in [0.3, 0.4) is 0 Å². The van der Waals surface area contributed by atoms with Gasteiger partial charge in [0.05, 0.1) is 29.1 Å². The molecule has 6 aromatic rings. The quantitative estimate of drug-likeness (QED) is 0.109. The Kier molecular flexibility index (Phi) is 8.13. The molecule has 6 heteroatoms. The average Bonchev–Trinajstić information content (AvgIpc) is 3.62. The van der Waals surface area contributed by atoms with Crippen LogP contribution in [0.25, 0.3) is 11.0 Å². The van der Waals surface area contributed by atoms with Crippen LogP contribution in [0.4, 0.5) is 5.82 Å². The predicted octanol–water partition coefficient (Wildman–Crippen LogP) is 9.04. The van der Waals surface area contributed by atoms with Crippen molar-refractivity contribution in [1.29, 1.82) is 0 Å². The van der Waals surface area contributed by atoms with Crippen molar-refractivity contribution in [2.75, 3.05) is 0 Å².